The van der Waals surface area contributed by atoms with Crippen molar-refractivity contribution in [1.82, 2.24) is 0 Å². The average molecular weight is 364 g/mol. The number of carboxylic acids is 1. The number of carbonyl (C=O) groups is 1. The number of hydrogen-bond donors (Lipinski definition) is 2. The van der Waals surface area contributed by atoms with Crippen LogP contribution in [-0.4, -0.2) is 16.2 Å². The highest BCUT2D eigenvalue weighted by atomic mass is 16.4. The van der Waals surface area contributed by atoms with Crippen molar-refractivity contribution in [2.75, 3.05) is 0 Å². The molecule has 0 unspecified atom stereocenters. The van der Waals surface area contributed by atoms with E-state index in [-0.39, 0.29) is 16.6 Å². The fourth-order valence-electron chi connectivity index (χ4n) is 4.05. The molecule has 1 aliphatic carbocycles. The van der Waals surface area contributed by atoms with Crippen molar-refractivity contribution >= 4 is 12.0 Å². The SMILES string of the molecule is Cc1cc2c(cc1-c1ccc(O)c(C=CC(=O)O)c1)C(C)(C)CCC2(C)C. The van der Waals surface area contributed by atoms with Crippen LogP contribution < -0.4 is 0 Å². The Balaban J connectivity index is 2.17. The Bertz CT molecular complexity index is 933. The molecule has 2 N–H and O–H groups in total. The van der Waals surface area contributed by atoms with Crippen LogP contribution in [0.4, 0.5) is 0 Å². The van der Waals surface area contributed by atoms with Crippen molar-refractivity contribution < 1.29 is 15.0 Å². The molecule has 0 atom stereocenters. The van der Waals surface area contributed by atoms with Gasteiger partial charge in [-0.1, -0.05) is 45.9 Å². The molecule has 0 saturated heterocycles. The highest BCUT2D eigenvalue weighted by molar-refractivity contribution is 5.86. The van der Waals surface area contributed by atoms with Gasteiger partial charge in [0.25, 0.3) is 0 Å². The zero-order valence-electron chi connectivity index (χ0n) is 16.8. The molecule has 2 aromatic carbocycles. The molecule has 0 bridgehead atoms. The normalized spacial score (nSPS) is 17.7. The molecular weight excluding hydrogens is 336 g/mol. The van der Waals surface area contributed by atoms with E-state index in [0.717, 1.165) is 23.6 Å². The monoisotopic (exact) mass is 364 g/mol. The molecule has 27 heavy (non-hydrogen) atoms. The molecule has 0 saturated carbocycles. The second-order valence-corrected chi connectivity index (χ2v) is 8.93. The van der Waals surface area contributed by atoms with E-state index in [1.807, 2.05) is 12.1 Å². The summed E-state index contributed by atoms with van der Waals surface area (Å²) in [4.78, 5) is 10.8. The zero-order valence-corrected chi connectivity index (χ0v) is 16.8. The number of hydrogen-bond acceptors (Lipinski definition) is 2. The van der Waals surface area contributed by atoms with E-state index in [9.17, 15) is 9.90 Å². The zero-order chi connectivity index (χ0) is 20.0. The molecule has 1 aliphatic rings. The topological polar surface area (TPSA) is 57.5 Å². The fourth-order valence-corrected chi connectivity index (χ4v) is 4.05. The van der Waals surface area contributed by atoms with Crippen LogP contribution in [0.2, 0.25) is 0 Å². The number of aromatic hydroxyl groups is 1. The molecule has 0 heterocycles. The minimum absolute atomic E-state index is 0.0772. The highest BCUT2D eigenvalue weighted by Gasteiger charge is 2.37. The summed E-state index contributed by atoms with van der Waals surface area (Å²) in [6.45, 7) is 11.4. The minimum atomic E-state index is -1.03. The molecule has 0 aliphatic heterocycles. The Morgan fingerprint density at radius 2 is 1.59 bits per heavy atom. The van der Waals surface area contributed by atoms with E-state index in [4.69, 9.17) is 5.11 Å². The van der Waals surface area contributed by atoms with Crippen molar-refractivity contribution in [2.45, 2.75) is 58.3 Å². The van der Waals surface area contributed by atoms with Crippen LogP contribution in [0.15, 0.2) is 36.4 Å². The van der Waals surface area contributed by atoms with Crippen LogP contribution in [0, 0.1) is 6.92 Å². The maximum atomic E-state index is 10.8. The van der Waals surface area contributed by atoms with E-state index in [2.05, 4.69) is 46.8 Å². The number of carboxylic acid groups (broad SMARTS) is 1. The number of aliphatic carboxylic acids is 1. The summed E-state index contributed by atoms with van der Waals surface area (Å²) in [7, 11) is 0. The number of phenols is 1. The third-order valence-electron chi connectivity index (χ3n) is 5.94. The van der Waals surface area contributed by atoms with Gasteiger partial charge in [-0.25, -0.2) is 4.79 Å². The van der Waals surface area contributed by atoms with Gasteiger partial charge in [0.2, 0.25) is 0 Å². The molecule has 3 nitrogen and oxygen atoms in total. The van der Waals surface area contributed by atoms with Gasteiger partial charge in [-0.2, -0.15) is 0 Å². The highest BCUT2D eigenvalue weighted by Crippen LogP contribution is 2.47. The smallest absolute Gasteiger partial charge is 0.328 e. The number of fused-ring (bicyclic) bond motifs is 1. The van der Waals surface area contributed by atoms with Crippen molar-refractivity contribution in [2.24, 2.45) is 0 Å². The Labute approximate surface area is 161 Å². The number of phenolic OH excluding ortho intramolecular Hbond substituents is 1. The summed E-state index contributed by atoms with van der Waals surface area (Å²) < 4.78 is 0. The van der Waals surface area contributed by atoms with Crippen molar-refractivity contribution in [3.63, 3.8) is 0 Å². The molecule has 0 spiro atoms. The Hall–Kier alpha value is -2.55. The van der Waals surface area contributed by atoms with Crippen LogP contribution in [-0.2, 0) is 15.6 Å². The Morgan fingerprint density at radius 1 is 1.00 bits per heavy atom. The van der Waals surface area contributed by atoms with Gasteiger partial charge in [-0.3, -0.25) is 0 Å². The standard InChI is InChI=1S/C24H28O3/c1-15-12-19-20(24(4,5)11-10-23(19,2)3)14-18(15)16-6-8-21(25)17(13-16)7-9-22(26)27/h6-9,12-14,25H,10-11H2,1-5H3,(H,26,27). The van der Waals surface area contributed by atoms with Gasteiger partial charge in [0.05, 0.1) is 0 Å². The van der Waals surface area contributed by atoms with Gasteiger partial charge in [0, 0.05) is 11.6 Å². The first-order valence-corrected chi connectivity index (χ1v) is 9.41. The van der Waals surface area contributed by atoms with E-state index in [1.165, 1.54) is 29.2 Å². The molecule has 0 aromatic heterocycles. The molecule has 0 amide bonds. The molecule has 2 aromatic rings. The first kappa shape index (κ1) is 19.2. The van der Waals surface area contributed by atoms with Crippen LogP contribution in [0.1, 0.15) is 62.8 Å². The lowest BCUT2D eigenvalue weighted by Crippen LogP contribution is -2.34. The molecule has 0 radical (unpaired) electrons. The number of rotatable bonds is 3. The first-order chi connectivity index (χ1) is 12.5. The summed E-state index contributed by atoms with van der Waals surface area (Å²) in [6, 6.07) is 9.98. The third kappa shape index (κ3) is 3.64. The van der Waals surface area contributed by atoms with Gasteiger partial charge in [-0.05, 0) is 76.6 Å². The summed E-state index contributed by atoms with van der Waals surface area (Å²) in [5.74, 6) is -0.956. The molecule has 3 rings (SSSR count). The lowest BCUT2D eigenvalue weighted by Gasteiger charge is -2.42. The molecule has 3 heteroatoms. The molecule has 142 valence electrons. The van der Waals surface area contributed by atoms with Crippen LogP contribution >= 0.6 is 0 Å². The predicted octanol–water partition coefficient (Wildman–Crippen LogP) is 5.81. The third-order valence-corrected chi connectivity index (χ3v) is 5.94. The van der Waals surface area contributed by atoms with Gasteiger partial charge < -0.3 is 10.2 Å². The van der Waals surface area contributed by atoms with Crippen LogP contribution in [0.3, 0.4) is 0 Å². The predicted molar refractivity (Wildman–Crippen MR) is 110 cm³/mol. The van der Waals surface area contributed by atoms with E-state index in [0.29, 0.717) is 5.56 Å². The minimum Gasteiger partial charge on any atom is -0.507 e. The Kier molecular flexibility index (Phi) is 4.67. The second kappa shape index (κ2) is 6.56. The lowest BCUT2D eigenvalue weighted by molar-refractivity contribution is -0.131. The van der Waals surface area contributed by atoms with Gasteiger partial charge in [0.1, 0.15) is 5.75 Å². The van der Waals surface area contributed by atoms with E-state index < -0.39 is 5.97 Å². The number of benzene rings is 2. The molecular formula is C24H28O3. The van der Waals surface area contributed by atoms with Crippen LogP contribution in [0.25, 0.3) is 17.2 Å². The summed E-state index contributed by atoms with van der Waals surface area (Å²) >= 11 is 0. The fraction of sp³-hybridized carbons (Fsp3) is 0.375. The number of aryl methyl sites for hydroxylation is 1. The van der Waals surface area contributed by atoms with Crippen LogP contribution in [0.5, 0.6) is 5.75 Å². The van der Waals surface area contributed by atoms with Gasteiger partial charge in [0.15, 0.2) is 0 Å². The lowest BCUT2D eigenvalue weighted by atomic mass is 9.62. The quantitative estimate of drug-likeness (QED) is 0.675. The van der Waals surface area contributed by atoms with Crippen molar-refractivity contribution in [3.05, 3.63) is 58.7 Å². The summed E-state index contributed by atoms with van der Waals surface area (Å²) in [6.07, 6.45) is 4.80. The van der Waals surface area contributed by atoms with E-state index in [1.54, 1.807) is 6.07 Å². The van der Waals surface area contributed by atoms with Gasteiger partial charge >= 0.3 is 5.97 Å². The van der Waals surface area contributed by atoms with Crippen molar-refractivity contribution in [3.8, 4) is 16.9 Å². The molecule has 0 fully saturated rings. The summed E-state index contributed by atoms with van der Waals surface area (Å²) in [5, 5.41) is 18.9. The average Bonchev–Trinajstić information content (AvgIpc) is 2.58. The largest absolute Gasteiger partial charge is 0.507 e. The Morgan fingerprint density at radius 3 is 2.19 bits per heavy atom. The van der Waals surface area contributed by atoms with Crippen molar-refractivity contribution in [1.29, 1.82) is 0 Å². The maximum absolute atomic E-state index is 10.8. The second-order valence-electron chi connectivity index (χ2n) is 8.93. The van der Waals surface area contributed by atoms with E-state index >= 15 is 0 Å². The summed E-state index contributed by atoms with van der Waals surface area (Å²) in [5.41, 5.74) is 6.90. The maximum Gasteiger partial charge on any atom is 0.328 e. The first-order valence-electron chi connectivity index (χ1n) is 9.41. The van der Waals surface area contributed by atoms with Gasteiger partial charge in [-0.15, -0.1) is 0 Å².